The molecule has 0 radical (unpaired) electrons. The molecule has 0 spiro atoms. The van der Waals surface area contributed by atoms with Crippen LogP contribution in [0.2, 0.25) is 0 Å². The van der Waals surface area contributed by atoms with Crippen LogP contribution < -0.4 is 20.7 Å². The minimum absolute atomic E-state index is 0.118. The van der Waals surface area contributed by atoms with Crippen LogP contribution in [0.4, 0.5) is 0 Å². The fourth-order valence-corrected chi connectivity index (χ4v) is 4.22. The summed E-state index contributed by atoms with van der Waals surface area (Å²) in [7, 11) is 0. The van der Waals surface area contributed by atoms with Crippen molar-refractivity contribution in [1.82, 2.24) is 20.9 Å². The number of para-hydroxylation sites is 1. The topological polar surface area (TPSA) is 137 Å². The quantitative estimate of drug-likeness (QED) is 0.490. The lowest BCUT2D eigenvalue weighted by Crippen LogP contribution is -2.56. The van der Waals surface area contributed by atoms with Crippen LogP contribution >= 0.6 is 0 Å². The number of aliphatic hydroxyl groups is 1. The van der Waals surface area contributed by atoms with Gasteiger partial charge < -0.3 is 30.7 Å². The van der Waals surface area contributed by atoms with Gasteiger partial charge in [0.1, 0.15) is 24.4 Å². The smallest absolute Gasteiger partial charge is 0.255 e. The summed E-state index contributed by atoms with van der Waals surface area (Å²) in [5, 5.41) is 18.0. The Morgan fingerprint density at radius 1 is 1.06 bits per heavy atom. The molecule has 10 nitrogen and oxygen atoms in total. The van der Waals surface area contributed by atoms with Gasteiger partial charge in [-0.1, -0.05) is 26.0 Å². The van der Waals surface area contributed by atoms with Gasteiger partial charge in [-0.25, -0.2) is 0 Å². The summed E-state index contributed by atoms with van der Waals surface area (Å²) in [5.41, 5.74) is 0.232. The Morgan fingerprint density at radius 3 is 2.40 bits per heavy atom. The molecule has 1 fully saturated rings. The lowest BCUT2D eigenvalue weighted by molar-refractivity contribution is -0.137. The first-order valence-electron chi connectivity index (χ1n) is 12.2. The Morgan fingerprint density at radius 2 is 1.71 bits per heavy atom. The number of rotatable bonds is 4. The van der Waals surface area contributed by atoms with E-state index in [1.807, 2.05) is 13.8 Å². The van der Waals surface area contributed by atoms with Crippen LogP contribution in [0.25, 0.3) is 0 Å². The predicted molar refractivity (Wildman–Crippen MR) is 129 cm³/mol. The maximum atomic E-state index is 13.3. The molecule has 4 amide bonds. The molecule has 192 valence electrons. The van der Waals surface area contributed by atoms with E-state index in [4.69, 9.17) is 4.74 Å². The highest BCUT2D eigenvalue weighted by Gasteiger charge is 2.32. The molecule has 0 unspecified atom stereocenters. The van der Waals surface area contributed by atoms with Gasteiger partial charge in [-0.3, -0.25) is 19.2 Å². The molecule has 0 bridgehead atoms. The largest absolute Gasteiger partial charge is 0.491 e. The molecule has 1 aromatic rings. The highest BCUT2D eigenvalue weighted by molar-refractivity contribution is 6.01. The first-order valence-corrected chi connectivity index (χ1v) is 12.2. The van der Waals surface area contributed by atoms with Crippen LogP contribution in [-0.2, 0) is 14.4 Å². The Labute approximate surface area is 205 Å². The van der Waals surface area contributed by atoms with Gasteiger partial charge in [0.25, 0.3) is 5.91 Å². The summed E-state index contributed by atoms with van der Waals surface area (Å²) in [6.45, 7) is 6.58. The number of ether oxygens (including phenoxy) is 1. The minimum Gasteiger partial charge on any atom is -0.491 e. The number of likely N-dealkylation sites (tertiary alicyclic amines) is 1. The number of carbonyl (C=O) groups excluding carboxylic acids is 4. The zero-order valence-corrected chi connectivity index (χ0v) is 20.6. The lowest BCUT2D eigenvalue weighted by atomic mass is 10.0. The average molecular weight is 489 g/mol. The van der Waals surface area contributed by atoms with E-state index in [1.165, 1.54) is 0 Å². The van der Waals surface area contributed by atoms with Crippen LogP contribution in [0.15, 0.2) is 24.3 Å². The number of nitrogens with zero attached hydrogens (tertiary/aromatic N) is 1. The van der Waals surface area contributed by atoms with Crippen LogP contribution in [0.3, 0.4) is 0 Å². The molecule has 0 saturated carbocycles. The predicted octanol–water partition coefficient (Wildman–Crippen LogP) is 0.586. The standard InChI is InChI=1S/C25H36N4O6/c1-15(2)12-19-24(33)26-16(3)14-35-21-7-5-4-6-18(21)23(32)27-20(25(34)28-19)13-22(31)29-10-8-17(30)9-11-29/h4-7,15-17,19-20,30H,8-14H2,1-3H3,(H,26,33)(H,27,32)(H,28,34)/t16-,19-,20-/m0/s1. The van der Waals surface area contributed by atoms with Gasteiger partial charge in [0.05, 0.1) is 24.1 Å². The minimum atomic E-state index is -1.18. The summed E-state index contributed by atoms with van der Waals surface area (Å²) >= 11 is 0. The molecule has 2 heterocycles. The summed E-state index contributed by atoms with van der Waals surface area (Å²) in [4.78, 5) is 54.0. The fourth-order valence-electron chi connectivity index (χ4n) is 4.22. The molecule has 0 aromatic heterocycles. The number of fused-ring (bicyclic) bond motifs is 1. The molecular formula is C25H36N4O6. The maximum Gasteiger partial charge on any atom is 0.255 e. The molecular weight excluding hydrogens is 452 g/mol. The summed E-state index contributed by atoms with van der Waals surface area (Å²) in [6.07, 6.45) is 0.623. The molecule has 4 N–H and O–H groups in total. The number of piperidine rings is 1. The van der Waals surface area contributed by atoms with Crippen molar-refractivity contribution in [3.8, 4) is 5.75 Å². The first-order chi connectivity index (χ1) is 16.6. The molecule has 1 aromatic carbocycles. The zero-order valence-electron chi connectivity index (χ0n) is 20.6. The van der Waals surface area contributed by atoms with E-state index < -0.39 is 30.0 Å². The number of hydrogen-bond acceptors (Lipinski definition) is 6. The van der Waals surface area contributed by atoms with Crippen molar-refractivity contribution in [2.24, 2.45) is 5.92 Å². The second kappa shape index (κ2) is 12.0. The number of nitrogens with one attached hydrogen (secondary N) is 3. The highest BCUT2D eigenvalue weighted by Crippen LogP contribution is 2.19. The number of carbonyl (C=O) groups is 4. The second-order valence-corrected chi connectivity index (χ2v) is 9.75. The molecule has 1 saturated heterocycles. The maximum absolute atomic E-state index is 13.3. The Kier molecular flexibility index (Phi) is 9.08. The molecule has 3 atom stereocenters. The van der Waals surface area contributed by atoms with E-state index in [-0.39, 0.29) is 42.4 Å². The fraction of sp³-hybridized carbons (Fsp3) is 0.600. The second-order valence-electron chi connectivity index (χ2n) is 9.75. The molecule has 2 aliphatic heterocycles. The number of amides is 4. The number of hydrogen-bond donors (Lipinski definition) is 4. The SMILES string of the molecule is CC(C)C[C@@H]1NC(=O)[C@H](CC(=O)N2CCC(O)CC2)NC(=O)c2ccccc2OC[C@H](C)NC1=O. The van der Waals surface area contributed by atoms with Crippen molar-refractivity contribution in [2.45, 2.75) is 70.7 Å². The molecule has 35 heavy (non-hydrogen) atoms. The van der Waals surface area contributed by atoms with Gasteiger partial charge in [0, 0.05) is 13.1 Å². The summed E-state index contributed by atoms with van der Waals surface area (Å²) in [6, 6.07) is 4.26. The van der Waals surface area contributed by atoms with E-state index >= 15 is 0 Å². The van der Waals surface area contributed by atoms with Crippen LogP contribution in [0.1, 0.15) is 56.8 Å². The Bertz CT molecular complexity index is 928. The van der Waals surface area contributed by atoms with Crippen molar-refractivity contribution < 1.29 is 29.0 Å². The normalized spacial score (nSPS) is 24.7. The van der Waals surface area contributed by atoms with Gasteiger partial charge >= 0.3 is 0 Å². The molecule has 3 rings (SSSR count). The third-order valence-electron chi connectivity index (χ3n) is 6.17. The average Bonchev–Trinajstić information content (AvgIpc) is 2.81. The zero-order chi connectivity index (χ0) is 25.5. The van der Waals surface area contributed by atoms with Crippen molar-refractivity contribution in [3.63, 3.8) is 0 Å². The Hall–Kier alpha value is -3.14. The van der Waals surface area contributed by atoms with E-state index in [1.54, 1.807) is 36.1 Å². The monoisotopic (exact) mass is 488 g/mol. The van der Waals surface area contributed by atoms with Gasteiger partial charge in [-0.2, -0.15) is 0 Å². The Balaban J connectivity index is 1.88. The van der Waals surface area contributed by atoms with Gasteiger partial charge in [0.2, 0.25) is 17.7 Å². The molecule has 10 heteroatoms. The van der Waals surface area contributed by atoms with Gasteiger partial charge in [-0.15, -0.1) is 0 Å². The summed E-state index contributed by atoms with van der Waals surface area (Å²) < 4.78 is 5.82. The third kappa shape index (κ3) is 7.42. The van der Waals surface area contributed by atoms with E-state index in [2.05, 4.69) is 16.0 Å². The lowest BCUT2D eigenvalue weighted by Gasteiger charge is -2.31. The number of benzene rings is 1. The van der Waals surface area contributed by atoms with Gasteiger partial charge in [-0.05, 0) is 44.2 Å². The molecule has 0 aliphatic carbocycles. The van der Waals surface area contributed by atoms with Crippen molar-refractivity contribution >= 4 is 23.6 Å². The molecule has 2 aliphatic rings. The van der Waals surface area contributed by atoms with E-state index in [0.717, 1.165) is 0 Å². The van der Waals surface area contributed by atoms with Crippen LogP contribution in [0, 0.1) is 5.92 Å². The van der Waals surface area contributed by atoms with Crippen LogP contribution in [0.5, 0.6) is 5.75 Å². The van der Waals surface area contributed by atoms with E-state index in [9.17, 15) is 24.3 Å². The van der Waals surface area contributed by atoms with Crippen LogP contribution in [-0.4, -0.2) is 77.6 Å². The highest BCUT2D eigenvalue weighted by atomic mass is 16.5. The number of aliphatic hydroxyl groups excluding tert-OH is 1. The third-order valence-corrected chi connectivity index (χ3v) is 6.17. The van der Waals surface area contributed by atoms with E-state index in [0.29, 0.717) is 38.1 Å². The first kappa shape index (κ1) is 26.5. The van der Waals surface area contributed by atoms with Crippen molar-refractivity contribution in [2.75, 3.05) is 19.7 Å². The van der Waals surface area contributed by atoms with Crippen molar-refractivity contribution in [1.29, 1.82) is 0 Å². The van der Waals surface area contributed by atoms with Gasteiger partial charge in [0.15, 0.2) is 0 Å². The van der Waals surface area contributed by atoms with Crippen molar-refractivity contribution in [3.05, 3.63) is 29.8 Å². The summed E-state index contributed by atoms with van der Waals surface area (Å²) in [5.74, 6) is -1.36.